The van der Waals surface area contributed by atoms with Crippen LogP contribution in [-0.4, -0.2) is 23.3 Å². The number of carbonyl (C=O) groups is 2. The summed E-state index contributed by atoms with van der Waals surface area (Å²) < 4.78 is 70.2. The van der Waals surface area contributed by atoms with E-state index in [2.05, 4.69) is 9.72 Å². The van der Waals surface area contributed by atoms with Gasteiger partial charge in [0, 0.05) is 0 Å². The summed E-state index contributed by atoms with van der Waals surface area (Å²) in [6.45, 7) is 3.14. The normalized spacial score (nSPS) is 12.0. The van der Waals surface area contributed by atoms with Gasteiger partial charge in [0.2, 0.25) is 0 Å². The zero-order valence-corrected chi connectivity index (χ0v) is 13.6. The predicted octanol–water partition coefficient (Wildman–Crippen LogP) is 4.40. The van der Waals surface area contributed by atoms with E-state index in [-0.39, 0.29) is 12.3 Å². The molecule has 0 bridgehead atoms. The number of nitrogens with zero attached hydrogens (tertiary/aromatic N) is 1. The molecule has 0 aliphatic heterocycles. The van der Waals surface area contributed by atoms with E-state index in [1.54, 1.807) is 13.8 Å². The molecule has 134 valence electrons. The third kappa shape index (κ3) is 4.19. The molecule has 1 rings (SSSR count). The molecule has 1 aromatic heterocycles. The van der Waals surface area contributed by atoms with E-state index in [0.717, 1.165) is 7.11 Å². The van der Waals surface area contributed by atoms with E-state index in [0.29, 0.717) is 0 Å². The number of aromatic nitrogens is 1. The van der Waals surface area contributed by atoms with E-state index in [1.165, 1.54) is 0 Å². The number of ether oxygens (including phenoxy) is 1. The van der Waals surface area contributed by atoms with E-state index in [1.807, 2.05) is 0 Å². The summed E-state index contributed by atoms with van der Waals surface area (Å²) in [5.74, 6) is -1.68. The molecule has 0 aliphatic carbocycles. The first kappa shape index (κ1) is 20.3. The van der Waals surface area contributed by atoms with Crippen LogP contribution in [0.4, 0.5) is 22.0 Å². The molecule has 0 radical (unpaired) electrons. The Morgan fingerprint density at radius 3 is 2.08 bits per heavy atom. The van der Waals surface area contributed by atoms with Crippen molar-refractivity contribution in [2.45, 2.75) is 32.9 Å². The fraction of sp³-hybridized carbons (Fsp3) is 0.500. The number of hydrogen-bond donors (Lipinski definition) is 0. The van der Waals surface area contributed by atoms with E-state index < -0.39 is 51.9 Å². The highest BCUT2D eigenvalue weighted by atomic mass is 35.5. The molecule has 0 aromatic carbocycles. The first-order valence-corrected chi connectivity index (χ1v) is 6.99. The van der Waals surface area contributed by atoms with Crippen molar-refractivity contribution >= 4 is 22.8 Å². The molecular weight excluding hydrogens is 361 g/mol. The van der Waals surface area contributed by atoms with Crippen molar-refractivity contribution in [3.05, 3.63) is 28.1 Å². The number of carbonyl (C=O) groups excluding carboxylic acids is 2. The van der Waals surface area contributed by atoms with Crippen LogP contribution in [0, 0.1) is 5.92 Å². The average molecular weight is 374 g/mol. The van der Waals surface area contributed by atoms with Crippen molar-refractivity contribution in [1.82, 2.24) is 4.98 Å². The first-order chi connectivity index (χ1) is 10.9. The number of pyridine rings is 1. The molecule has 0 N–H and O–H groups in total. The topological polar surface area (TPSA) is 56.3 Å². The first-order valence-electron chi connectivity index (χ1n) is 6.62. The predicted molar refractivity (Wildman–Crippen MR) is 74.3 cm³/mol. The largest absolute Gasteiger partial charge is 0.465 e. The van der Waals surface area contributed by atoms with Gasteiger partial charge in [-0.2, -0.15) is 13.2 Å². The van der Waals surface area contributed by atoms with Gasteiger partial charge in [0.25, 0.3) is 11.7 Å². The number of halogens is 6. The fourth-order valence-electron chi connectivity index (χ4n) is 2.17. The van der Waals surface area contributed by atoms with Gasteiger partial charge in [-0.15, -0.1) is 0 Å². The lowest BCUT2D eigenvalue weighted by atomic mass is 9.91. The minimum atomic E-state index is -5.20. The second kappa shape index (κ2) is 7.42. The van der Waals surface area contributed by atoms with Gasteiger partial charge in [-0.05, 0) is 29.5 Å². The highest BCUT2D eigenvalue weighted by Crippen LogP contribution is 2.38. The molecule has 1 heterocycles. The van der Waals surface area contributed by atoms with Gasteiger partial charge < -0.3 is 4.74 Å². The second-order valence-electron chi connectivity index (χ2n) is 5.24. The fourth-order valence-corrected chi connectivity index (χ4v) is 2.38. The Morgan fingerprint density at radius 2 is 1.75 bits per heavy atom. The van der Waals surface area contributed by atoms with Gasteiger partial charge >= 0.3 is 12.1 Å². The summed E-state index contributed by atoms with van der Waals surface area (Å²) in [4.78, 5) is 26.2. The van der Waals surface area contributed by atoms with Crippen LogP contribution in [0.1, 0.15) is 57.9 Å². The Hall–Kier alpha value is -1.77. The number of hydrogen-bond acceptors (Lipinski definition) is 4. The molecule has 1 aromatic rings. The molecule has 4 nitrogen and oxygen atoms in total. The van der Waals surface area contributed by atoms with E-state index >= 15 is 0 Å². The summed E-state index contributed by atoms with van der Waals surface area (Å²) in [6.07, 6.45) is -8.96. The van der Waals surface area contributed by atoms with Crippen LogP contribution in [0.2, 0.25) is 0 Å². The molecule has 10 heteroatoms. The molecule has 24 heavy (non-hydrogen) atoms. The Bertz CT molecular complexity index is 659. The maximum Gasteiger partial charge on any atom is 0.434 e. The molecule has 0 aliphatic rings. The molecular formula is C14H13ClF5NO3. The van der Waals surface area contributed by atoms with Gasteiger partial charge in [0.05, 0.1) is 18.2 Å². The van der Waals surface area contributed by atoms with Gasteiger partial charge in [0.1, 0.15) is 5.69 Å². The second-order valence-corrected chi connectivity index (χ2v) is 5.58. The monoisotopic (exact) mass is 373 g/mol. The van der Waals surface area contributed by atoms with Crippen molar-refractivity contribution < 1.29 is 36.3 Å². The zero-order chi connectivity index (χ0) is 18.8. The van der Waals surface area contributed by atoms with Crippen molar-refractivity contribution in [3.63, 3.8) is 0 Å². The Balaban J connectivity index is 4.02. The standard InChI is InChI=1S/C14H13ClF5NO3/c1-5(2)4-6-7(13(23)24-3)9(12(16)17)21-10(14(18,19)20)8(6)11(15)22/h5,12H,4H2,1-3H3. The molecule has 0 fully saturated rings. The molecule has 0 amide bonds. The SMILES string of the molecule is COC(=O)c1c(C(F)F)nc(C(F)(F)F)c(C(=O)Cl)c1CC(C)C. The number of alkyl halides is 5. The van der Waals surface area contributed by atoms with Gasteiger partial charge in [-0.1, -0.05) is 13.8 Å². The van der Waals surface area contributed by atoms with Crippen LogP contribution < -0.4 is 0 Å². The maximum atomic E-state index is 13.2. The number of rotatable bonds is 5. The Morgan fingerprint density at radius 1 is 1.21 bits per heavy atom. The molecule has 0 spiro atoms. The van der Waals surface area contributed by atoms with Gasteiger partial charge in [-0.3, -0.25) is 4.79 Å². The van der Waals surface area contributed by atoms with Crippen LogP contribution in [0.5, 0.6) is 0 Å². The quantitative estimate of drug-likeness (QED) is 0.436. The lowest BCUT2D eigenvalue weighted by Crippen LogP contribution is -2.23. The van der Waals surface area contributed by atoms with Crippen LogP contribution in [0.25, 0.3) is 0 Å². The highest BCUT2D eigenvalue weighted by Gasteiger charge is 2.42. The summed E-state index contributed by atoms with van der Waals surface area (Å²) in [7, 11) is 0.872. The lowest BCUT2D eigenvalue weighted by Gasteiger charge is -2.20. The summed E-state index contributed by atoms with van der Waals surface area (Å²) >= 11 is 5.24. The lowest BCUT2D eigenvalue weighted by molar-refractivity contribution is -0.141. The number of esters is 1. The maximum absolute atomic E-state index is 13.2. The molecule has 0 saturated heterocycles. The summed E-state index contributed by atoms with van der Waals surface area (Å²) in [5.41, 5.74) is -5.76. The van der Waals surface area contributed by atoms with E-state index in [9.17, 15) is 31.5 Å². The smallest absolute Gasteiger partial charge is 0.434 e. The van der Waals surface area contributed by atoms with Crippen LogP contribution in [-0.2, 0) is 17.3 Å². The third-order valence-corrected chi connectivity index (χ3v) is 3.19. The van der Waals surface area contributed by atoms with Crippen molar-refractivity contribution in [2.75, 3.05) is 7.11 Å². The minimum Gasteiger partial charge on any atom is -0.465 e. The molecule has 0 unspecified atom stereocenters. The summed E-state index contributed by atoms with van der Waals surface area (Å²) in [5, 5.41) is -1.54. The third-order valence-electron chi connectivity index (χ3n) is 3.00. The highest BCUT2D eigenvalue weighted by molar-refractivity contribution is 6.68. The van der Waals surface area contributed by atoms with E-state index in [4.69, 9.17) is 11.6 Å². The average Bonchev–Trinajstić information content (AvgIpc) is 2.43. The van der Waals surface area contributed by atoms with Crippen LogP contribution in [0.15, 0.2) is 0 Å². The minimum absolute atomic E-state index is 0.274. The molecule has 0 atom stereocenters. The number of methoxy groups -OCH3 is 1. The Labute approximate surface area is 139 Å². The van der Waals surface area contributed by atoms with Crippen molar-refractivity contribution in [2.24, 2.45) is 5.92 Å². The van der Waals surface area contributed by atoms with Crippen molar-refractivity contribution in [1.29, 1.82) is 0 Å². The summed E-state index contributed by atoms with van der Waals surface area (Å²) in [6, 6.07) is 0. The van der Waals surface area contributed by atoms with Crippen molar-refractivity contribution in [3.8, 4) is 0 Å². The van der Waals surface area contributed by atoms with Gasteiger partial charge in [-0.25, -0.2) is 18.6 Å². The van der Waals surface area contributed by atoms with Gasteiger partial charge in [0.15, 0.2) is 5.69 Å². The Kier molecular flexibility index (Phi) is 6.26. The molecule has 0 saturated carbocycles. The zero-order valence-electron chi connectivity index (χ0n) is 12.8. The van der Waals surface area contributed by atoms with Crippen LogP contribution in [0.3, 0.4) is 0 Å². The van der Waals surface area contributed by atoms with Crippen LogP contribution >= 0.6 is 11.6 Å².